The van der Waals surface area contributed by atoms with Crippen LogP contribution < -0.4 is 5.32 Å². The smallest absolute Gasteiger partial charge is 0.317 e. The molecule has 0 aromatic carbocycles. The van der Waals surface area contributed by atoms with Crippen molar-refractivity contribution in [2.45, 2.75) is 32.8 Å². The summed E-state index contributed by atoms with van der Waals surface area (Å²) in [6.45, 7) is 6.94. The molecule has 1 heterocycles. The van der Waals surface area contributed by atoms with Gasteiger partial charge in [0, 0.05) is 26.2 Å². The first-order chi connectivity index (χ1) is 6.77. The number of carbonyl (C=O) groups excluding carboxylic acids is 1. The summed E-state index contributed by atoms with van der Waals surface area (Å²) in [4.78, 5) is 13.3. The molecule has 0 saturated carbocycles. The quantitative estimate of drug-likeness (QED) is 0.744. The van der Waals surface area contributed by atoms with Gasteiger partial charge < -0.3 is 15.0 Å². The number of nitrogens with one attached hydrogen (secondary N) is 1. The molecule has 1 saturated heterocycles. The maximum Gasteiger partial charge on any atom is 0.317 e. The predicted octanol–water partition coefficient (Wildman–Crippen LogP) is 1.22. The lowest BCUT2D eigenvalue weighted by Crippen LogP contribution is -2.47. The van der Waals surface area contributed by atoms with Crippen LogP contribution in [-0.4, -0.2) is 43.3 Å². The number of likely N-dealkylation sites (tertiary alicyclic amines) is 1. The minimum Gasteiger partial charge on any atom is -0.377 e. The van der Waals surface area contributed by atoms with Gasteiger partial charge in [-0.3, -0.25) is 0 Å². The van der Waals surface area contributed by atoms with Gasteiger partial charge in [-0.2, -0.15) is 0 Å². The molecule has 0 bridgehead atoms. The molecule has 1 N–H and O–H groups in total. The lowest BCUT2D eigenvalue weighted by Gasteiger charge is -2.32. The SMILES string of the molecule is CCNC(=O)N1CCCC(OCC)C1. The van der Waals surface area contributed by atoms with Gasteiger partial charge in [-0.25, -0.2) is 4.79 Å². The third-order valence-electron chi connectivity index (χ3n) is 2.40. The van der Waals surface area contributed by atoms with Crippen molar-refractivity contribution in [1.82, 2.24) is 10.2 Å². The van der Waals surface area contributed by atoms with Gasteiger partial charge in [0.2, 0.25) is 0 Å². The molecule has 1 atom stereocenters. The number of amides is 2. The van der Waals surface area contributed by atoms with E-state index in [1.165, 1.54) is 0 Å². The van der Waals surface area contributed by atoms with E-state index in [-0.39, 0.29) is 12.1 Å². The third kappa shape index (κ3) is 3.18. The Kier molecular flexibility index (Phi) is 4.73. The topological polar surface area (TPSA) is 41.6 Å². The highest BCUT2D eigenvalue weighted by molar-refractivity contribution is 5.74. The summed E-state index contributed by atoms with van der Waals surface area (Å²) in [5.41, 5.74) is 0. The standard InChI is InChI=1S/C10H20N2O2/c1-3-11-10(13)12-7-5-6-9(8-12)14-4-2/h9H,3-8H2,1-2H3,(H,11,13). The molecule has 0 aliphatic carbocycles. The highest BCUT2D eigenvalue weighted by atomic mass is 16.5. The number of carbonyl (C=O) groups is 1. The van der Waals surface area contributed by atoms with Crippen molar-refractivity contribution in [1.29, 1.82) is 0 Å². The van der Waals surface area contributed by atoms with Crippen LogP contribution in [0.15, 0.2) is 0 Å². The van der Waals surface area contributed by atoms with Gasteiger partial charge in [0.25, 0.3) is 0 Å². The molecule has 1 unspecified atom stereocenters. The van der Waals surface area contributed by atoms with E-state index >= 15 is 0 Å². The summed E-state index contributed by atoms with van der Waals surface area (Å²) in [5.74, 6) is 0. The van der Waals surface area contributed by atoms with Crippen LogP contribution in [0.1, 0.15) is 26.7 Å². The molecule has 0 radical (unpaired) electrons. The molecular formula is C10H20N2O2. The van der Waals surface area contributed by atoms with Gasteiger partial charge in [0.15, 0.2) is 0 Å². The number of hydrogen-bond donors (Lipinski definition) is 1. The van der Waals surface area contributed by atoms with Crippen molar-refractivity contribution in [2.75, 3.05) is 26.2 Å². The Hall–Kier alpha value is -0.770. The first kappa shape index (κ1) is 11.3. The molecule has 82 valence electrons. The van der Waals surface area contributed by atoms with E-state index in [0.717, 1.165) is 32.5 Å². The fourth-order valence-electron chi connectivity index (χ4n) is 1.76. The molecule has 4 nitrogen and oxygen atoms in total. The lowest BCUT2D eigenvalue weighted by atomic mass is 10.1. The van der Waals surface area contributed by atoms with Crippen LogP contribution in [0.25, 0.3) is 0 Å². The number of hydrogen-bond acceptors (Lipinski definition) is 2. The number of nitrogens with zero attached hydrogens (tertiary/aromatic N) is 1. The second-order valence-electron chi connectivity index (χ2n) is 3.50. The van der Waals surface area contributed by atoms with Gasteiger partial charge in [-0.15, -0.1) is 0 Å². The minimum absolute atomic E-state index is 0.0388. The first-order valence-electron chi connectivity index (χ1n) is 5.42. The average Bonchev–Trinajstić information content (AvgIpc) is 2.19. The van der Waals surface area contributed by atoms with Crippen LogP contribution in [-0.2, 0) is 4.74 Å². The Balaban J connectivity index is 2.35. The van der Waals surface area contributed by atoms with Crippen molar-refractivity contribution < 1.29 is 9.53 Å². The lowest BCUT2D eigenvalue weighted by molar-refractivity contribution is 0.0165. The Labute approximate surface area is 85.6 Å². The fraction of sp³-hybridized carbons (Fsp3) is 0.900. The van der Waals surface area contributed by atoms with Crippen LogP contribution in [0.2, 0.25) is 0 Å². The zero-order chi connectivity index (χ0) is 10.4. The number of ether oxygens (including phenoxy) is 1. The van der Waals surface area contributed by atoms with E-state index in [1.54, 1.807) is 0 Å². The summed E-state index contributed by atoms with van der Waals surface area (Å²) in [7, 11) is 0. The van der Waals surface area contributed by atoms with Crippen molar-refractivity contribution >= 4 is 6.03 Å². The molecule has 4 heteroatoms. The normalized spacial score (nSPS) is 22.1. The van der Waals surface area contributed by atoms with Gasteiger partial charge in [0.05, 0.1) is 6.10 Å². The zero-order valence-corrected chi connectivity index (χ0v) is 9.08. The summed E-state index contributed by atoms with van der Waals surface area (Å²) >= 11 is 0. The van der Waals surface area contributed by atoms with Gasteiger partial charge in [-0.1, -0.05) is 0 Å². The molecule has 1 aliphatic rings. The largest absolute Gasteiger partial charge is 0.377 e. The molecule has 2 amide bonds. The van der Waals surface area contributed by atoms with Crippen molar-refractivity contribution in [3.8, 4) is 0 Å². The van der Waals surface area contributed by atoms with Gasteiger partial charge in [-0.05, 0) is 26.7 Å². The molecular weight excluding hydrogens is 180 g/mol. The van der Waals surface area contributed by atoms with E-state index in [0.29, 0.717) is 6.54 Å². The Bertz CT molecular complexity index is 183. The van der Waals surface area contributed by atoms with Crippen LogP contribution in [0.3, 0.4) is 0 Å². The fourth-order valence-corrected chi connectivity index (χ4v) is 1.76. The zero-order valence-electron chi connectivity index (χ0n) is 9.08. The highest BCUT2D eigenvalue weighted by Gasteiger charge is 2.23. The predicted molar refractivity (Wildman–Crippen MR) is 55.3 cm³/mol. The van der Waals surface area contributed by atoms with Gasteiger partial charge in [0.1, 0.15) is 0 Å². The Morgan fingerprint density at radius 2 is 2.36 bits per heavy atom. The maximum atomic E-state index is 11.5. The highest BCUT2D eigenvalue weighted by Crippen LogP contribution is 2.12. The number of urea groups is 1. The summed E-state index contributed by atoms with van der Waals surface area (Å²) in [6.07, 6.45) is 2.35. The summed E-state index contributed by atoms with van der Waals surface area (Å²) in [6, 6.07) is 0.0388. The summed E-state index contributed by atoms with van der Waals surface area (Å²) < 4.78 is 5.52. The minimum atomic E-state index is 0.0388. The Morgan fingerprint density at radius 1 is 1.57 bits per heavy atom. The second kappa shape index (κ2) is 5.86. The number of piperidine rings is 1. The van der Waals surface area contributed by atoms with E-state index in [2.05, 4.69) is 5.32 Å². The van der Waals surface area contributed by atoms with Crippen molar-refractivity contribution in [2.24, 2.45) is 0 Å². The monoisotopic (exact) mass is 200 g/mol. The molecule has 0 aromatic rings. The van der Waals surface area contributed by atoms with Crippen molar-refractivity contribution in [3.63, 3.8) is 0 Å². The third-order valence-corrected chi connectivity index (χ3v) is 2.40. The molecule has 14 heavy (non-hydrogen) atoms. The summed E-state index contributed by atoms with van der Waals surface area (Å²) in [5, 5.41) is 2.81. The average molecular weight is 200 g/mol. The molecule has 1 rings (SSSR count). The van der Waals surface area contributed by atoms with Crippen molar-refractivity contribution in [3.05, 3.63) is 0 Å². The molecule has 1 aliphatic heterocycles. The molecule has 0 aromatic heterocycles. The van der Waals surface area contributed by atoms with E-state index in [4.69, 9.17) is 4.74 Å². The Morgan fingerprint density at radius 3 is 3.00 bits per heavy atom. The second-order valence-corrected chi connectivity index (χ2v) is 3.50. The van der Waals surface area contributed by atoms with E-state index in [1.807, 2.05) is 18.7 Å². The van der Waals surface area contributed by atoms with E-state index in [9.17, 15) is 4.79 Å². The number of rotatable bonds is 3. The first-order valence-corrected chi connectivity index (χ1v) is 5.42. The maximum absolute atomic E-state index is 11.5. The van der Waals surface area contributed by atoms with Crippen LogP contribution in [0.5, 0.6) is 0 Å². The van der Waals surface area contributed by atoms with Crippen LogP contribution in [0.4, 0.5) is 4.79 Å². The van der Waals surface area contributed by atoms with Crippen LogP contribution >= 0.6 is 0 Å². The van der Waals surface area contributed by atoms with Crippen LogP contribution in [0, 0.1) is 0 Å². The molecule has 0 spiro atoms. The van der Waals surface area contributed by atoms with Gasteiger partial charge >= 0.3 is 6.03 Å². The molecule has 1 fully saturated rings. The van der Waals surface area contributed by atoms with E-state index < -0.39 is 0 Å².